The highest BCUT2D eigenvalue weighted by molar-refractivity contribution is 7.99. The van der Waals surface area contributed by atoms with Crippen molar-refractivity contribution >= 4 is 34.3 Å². The molecule has 0 unspecified atom stereocenters. The van der Waals surface area contributed by atoms with Crippen LogP contribution in [0.15, 0.2) is 87.5 Å². The second kappa shape index (κ2) is 10.2. The molecule has 2 aromatic heterocycles. The molecule has 38 heavy (non-hydrogen) atoms. The summed E-state index contributed by atoms with van der Waals surface area (Å²) in [6.07, 6.45) is 0. The predicted octanol–water partition coefficient (Wildman–Crippen LogP) is 4.53. The summed E-state index contributed by atoms with van der Waals surface area (Å²) in [5, 5.41) is 3.68. The van der Waals surface area contributed by atoms with Crippen LogP contribution in [0.5, 0.6) is 0 Å². The van der Waals surface area contributed by atoms with Gasteiger partial charge in [0.05, 0.1) is 33.7 Å². The number of aromatic nitrogens is 4. The number of amides is 1. The number of carbonyl (C=O) groups excluding carboxylic acids is 1. The van der Waals surface area contributed by atoms with Crippen LogP contribution in [0.25, 0.3) is 22.3 Å². The Bertz CT molecular complexity index is 1780. The summed E-state index contributed by atoms with van der Waals surface area (Å²) < 4.78 is 4.78. The van der Waals surface area contributed by atoms with Gasteiger partial charge in [-0.25, -0.2) is 9.67 Å². The molecular formula is C29H27N5O3S. The number of para-hydroxylation sites is 2. The van der Waals surface area contributed by atoms with E-state index in [1.807, 2.05) is 74.5 Å². The molecule has 9 heteroatoms. The Morgan fingerprint density at radius 3 is 2.24 bits per heavy atom. The van der Waals surface area contributed by atoms with Crippen LogP contribution in [-0.4, -0.2) is 30.6 Å². The standard InChI is InChI=1S/C29H27N5O3S/c1-18-14-19(2)16-22(15-18)33-27(36)23-12-8-9-13-24(23)30-29(33)38-17-25(35)31-26-20(3)32(4)34(28(26)37)21-10-6-5-7-11-21/h5-16H,17H2,1-4H3,(H,31,35). The van der Waals surface area contributed by atoms with Gasteiger partial charge in [-0.05, 0) is 68.3 Å². The molecule has 5 aromatic rings. The zero-order chi connectivity index (χ0) is 27.0. The van der Waals surface area contributed by atoms with E-state index in [1.54, 1.807) is 35.4 Å². The van der Waals surface area contributed by atoms with Crippen LogP contribution in [0, 0.1) is 20.8 Å². The molecule has 0 spiro atoms. The van der Waals surface area contributed by atoms with Crippen molar-refractivity contribution in [1.29, 1.82) is 0 Å². The summed E-state index contributed by atoms with van der Waals surface area (Å²) in [4.78, 5) is 44.5. The number of nitrogens with one attached hydrogen (secondary N) is 1. The third-order valence-corrected chi connectivity index (χ3v) is 7.30. The van der Waals surface area contributed by atoms with Crippen LogP contribution in [0.4, 0.5) is 5.69 Å². The second-order valence-electron chi connectivity index (χ2n) is 9.17. The lowest BCUT2D eigenvalue weighted by Crippen LogP contribution is -2.25. The maximum atomic E-state index is 13.5. The van der Waals surface area contributed by atoms with Crippen molar-refractivity contribution in [2.24, 2.45) is 7.05 Å². The molecule has 0 aliphatic carbocycles. The Kier molecular flexibility index (Phi) is 6.77. The van der Waals surface area contributed by atoms with Crippen molar-refractivity contribution in [3.63, 3.8) is 0 Å². The minimum absolute atomic E-state index is 0.0330. The van der Waals surface area contributed by atoms with Gasteiger partial charge in [0.2, 0.25) is 5.91 Å². The van der Waals surface area contributed by atoms with Crippen molar-refractivity contribution < 1.29 is 4.79 Å². The van der Waals surface area contributed by atoms with E-state index < -0.39 is 0 Å². The van der Waals surface area contributed by atoms with Crippen molar-refractivity contribution in [2.75, 3.05) is 11.1 Å². The fourth-order valence-electron chi connectivity index (χ4n) is 4.53. The molecule has 2 heterocycles. The minimum Gasteiger partial charge on any atom is -0.319 e. The van der Waals surface area contributed by atoms with Gasteiger partial charge in [0.1, 0.15) is 5.69 Å². The number of hydrogen-bond donors (Lipinski definition) is 1. The summed E-state index contributed by atoms with van der Waals surface area (Å²) in [5.41, 5.74) is 4.33. The Balaban J connectivity index is 1.47. The largest absolute Gasteiger partial charge is 0.319 e. The molecule has 3 aromatic carbocycles. The lowest BCUT2D eigenvalue weighted by atomic mass is 10.1. The summed E-state index contributed by atoms with van der Waals surface area (Å²) in [7, 11) is 1.77. The highest BCUT2D eigenvalue weighted by Gasteiger charge is 2.20. The predicted molar refractivity (Wildman–Crippen MR) is 152 cm³/mol. The lowest BCUT2D eigenvalue weighted by Gasteiger charge is -2.14. The number of benzene rings is 3. The van der Waals surface area contributed by atoms with E-state index in [9.17, 15) is 14.4 Å². The molecule has 0 radical (unpaired) electrons. The van der Waals surface area contributed by atoms with Crippen molar-refractivity contribution in [3.8, 4) is 11.4 Å². The number of carbonyl (C=O) groups is 1. The number of nitrogens with zero attached hydrogens (tertiary/aromatic N) is 4. The van der Waals surface area contributed by atoms with Gasteiger partial charge in [0, 0.05) is 7.05 Å². The van der Waals surface area contributed by atoms with E-state index in [1.165, 1.54) is 4.68 Å². The fraction of sp³-hybridized carbons (Fsp3) is 0.172. The third kappa shape index (κ3) is 4.68. The zero-order valence-corrected chi connectivity index (χ0v) is 22.4. The number of rotatable bonds is 6. The zero-order valence-electron chi connectivity index (χ0n) is 21.6. The number of hydrogen-bond acceptors (Lipinski definition) is 5. The van der Waals surface area contributed by atoms with E-state index >= 15 is 0 Å². The summed E-state index contributed by atoms with van der Waals surface area (Å²) in [6, 6.07) is 22.3. The normalized spacial score (nSPS) is 11.2. The number of aryl methyl sites for hydroxylation is 2. The average molecular weight is 526 g/mol. The fourth-order valence-corrected chi connectivity index (χ4v) is 5.35. The van der Waals surface area contributed by atoms with Crippen molar-refractivity contribution in [2.45, 2.75) is 25.9 Å². The van der Waals surface area contributed by atoms with Gasteiger partial charge in [0.25, 0.3) is 11.1 Å². The van der Waals surface area contributed by atoms with Crippen LogP contribution < -0.4 is 16.4 Å². The monoisotopic (exact) mass is 525 g/mol. The quantitative estimate of drug-likeness (QED) is 0.260. The van der Waals surface area contributed by atoms with E-state index in [2.05, 4.69) is 5.32 Å². The summed E-state index contributed by atoms with van der Waals surface area (Å²) in [6.45, 7) is 5.73. The molecular weight excluding hydrogens is 498 g/mol. The van der Waals surface area contributed by atoms with Crippen LogP contribution in [-0.2, 0) is 11.8 Å². The van der Waals surface area contributed by atoms with Gasteiger partial charge in [-0.1, -0.05) is 48.2 Å². The van der Waals surface area contributed by atoms with Gasteiger partial charge in [0.15, 0.2) is 5.16 Å². The Hall–Kier alpha value is -4.37. The highest BCUT2D eigenvalue weighted by Crippen LogP contribution is 2.23. The van der Waals surface area contributed by atoms with Crippen LogP contribution in [0.2, 0.25) is 0 Å². The van der Waals surface area contributed by atoms with Gasteiger partial charge < -0.3 is 5.32 Å². The van der Waals surface area contributed by atoms with E-state index in [0.29, 0.717) is 33.1 Å². The second-order valence-corrected chi connectivity index (χ2v) is 10.1. The Labute approximate surface area is 223 Å². The average Bonchev–Trinajstić information content (AvgIpc) is 3.10. The van der Waals surface area contributed by atoms with Crippen LogP contribution in [0.1, 0.15) is 16.8 Å². The number of anilines is 1. The van der Waals surface area contributed by atoms with Crippen molar-refractivity contribution in [3.05, 3.63) is 110 Å². The first-order chi connectivity index (χ1) is 18.2. The molecule has 0 aliphatic rings. The first-order valence-corrected chi connectivity index (χ1v) is 13.1. The first kappa shape index (κ1) is 25.3. The topological polar surface area (TPSA) is 90.9 Å². The Morgan fingerprint density at radius 2 is 1.53 bits per heavy atom. The van der Waals surface area contributed by atoms with Gasteiger partial charge in [-0.3, -0.25) is 23.6 Å². The maximum absolute atomic E-state index is 13.5. The minimum atomic E-state index is -0.365. The molecule has 0 aliphatic heterocycles. The van der Waals surface area contributed by atoms with Crippen LogP contribution in [0.3, 0.4) is 0 Å². The molecule has 1 amide bonds. The number of fused-ring (bicyclic) bond motifs is 1. The van der Waals surface area contributed by atoms with Gasteiger partial charge in [-0.2, -0.15) is 0 Å². The number of thioether (sulfide) groups is 1. The van der Waals surface area contributed by atoms with E-state index in [0.717, 1.165) is 22.9 Å². The molecule has 5 rings (SSSR count). The first-order valence-electron chi connectivity index (χ1n) is 12.1. The SMILES string of the molecule is Cc1cc(C)cc(-n2c(SCC(=O)Nc3c(C)n(C)n(-c4ccccc4)c3=O)nc3ccccc3c2=O)c1. The van der Waals surface area contributed by atoms with Gasteiger partial charge in [-0.15, -0.1) is 0 Å². The molecule has 8 nitrogen and oxygen atoms in total. The molecule has 0 fully saturated rings. The molecule has 0 saturated heterocycles. The van der Waals surface area contributed by atoms with E-state index in [4.69, 9.17) is 4.98 Å². The van der Waals surface area contributed by atoms with Crippen molar-refractivity contribution in [1.82, 2.24) is 18.9 Å². The van der Waals surface area contributed by atoms with E-state index in [-0.39, 0.29) is 28.5 Å². The third-order valence-electron chi connectivity index (χ3n) is 6.36. The van der Waals surface area contributed by atoms with Crippen LogP contribution >= 0.6 is 11.8 Å². The summed E-state index contributed by atoms with van der Waals surface area (Å²) >= 11 is 1.15. The molecule has 0 saturated carbocycles. The van der Waals surface area contributed by atoms with Gasteiger partial charge >= 0.3 is 0 Å². The molecule has 0 atom stereocenters. The molecule has 0 bridgehead atoms. The maximum Gasteiger partial charge on any atom is 0.295 e. The summed E-state index contributed by atoms with van der Waals surface area (Å²) in [5.74, 6) is -0.398. The molecule has 192 valence electrons. The lowest BCUT2D eigenvalue weighted by molar-refractivity contribution is -0.113. The molecule has 1 N–H and O–H groups in total. The smallest absolute Gasteiger partial charge is 0.295 e. The Morgan fingerprint density at radius 1 is 0.868 bits per heavy atom. The highest BCUT2D eigenvalue weighted by atomic mass is 32.2.